The largest absolute Gasteiger partial charge is 0.439 e. The average Bonchev–Trinajstić information content (AvgIpc) is 2.62. The quantitative estimate of drug-likeness (QED) is 0.869. The highest BCUT2D eigenvalue weighted by atomic mass is 79.9. The molecule has 1 aromatic carbocycles. The summed E-state index contributed by atoms with van der Waals surface area (Å²) in [4.78, 5) is 18.7. The Bertz CT molecular complexity index is 700. The number of piperidine rings is 1. The number of carbonyl (C=O) groups excluding carboxylic acids is 1. The Morgan fingerprint density at radius 2 is 2.08 bits per heavy atom. The SMILES string of the molecule is CN(C(=O)c1ccc(Oc2cccc(Br)c2)nc1)C1CCNCC1. The Morgan fingerprint density at radius 1 is 1.29 bits per heavy atom. The smallest absolute Gasteiger partial charge is 0.255 e. The summed E-state index contributed by atoms with van der Waals surface area (Å²) >= 11 is 3.40. The lowest BCUT2D eigenvalue weighted by Crippen LogP contribution is -2.43. The van der Waals surface area contributed by atoms with E-state index in [-0.39, 0.29) is 11.9 Å². The minimum Gasteiger partial charge on any atom is -0.439 e. The molecule has 24 heavy (non-hydrogen) atoms. The summed E-state index contributed by atoms with van der Waals surface area (Å²) < 4.78 is 6.64. The second kappa shape index (κ2) is 7.77. The van der Waals surface area contributed by atoms with Crippen molar-refractivity contribution in [2.24, 2.45) is 0 Å². The van der Waals surface area contributed by atoms with E-state index >= 15 is 0 Å². The number of carbonyl (C=O) groups is 1. The summed E-state index contributed by atoms with van der Waals surface area (Å²) in [5, 5.41) is 3.31. The molecule has 2 heterocycles. The number of ether oxygens (including phenoxy) is 1. The minimum absolute atomic E-state index is 0.00315. The summed E-state index contributed by atoms with van der Waals surface area (Å²) in [5.41, 5.74) is 0.581. The Hall–Kier alpha value is -1.92. The molecule has 3 rings (SSSR count). The van der Waals surface area contributed by atoms with Crippen molar-refractivity contribution in [3.63, 3.8) is 0 Å². The van der Waals surface area contributed by atoms with Crippen molar-refractivity contribution in [3.8, 4) is 11.6 Å². The lowest BCUT2D eigenvalue weighted by Gasteiger charge is -2.31. The molecule has 1 aliphatic rings. The third-order valence-corrected chi connectivity index (χ3v) is 4.67. The van der Waals surface area contributed by atoms with Crippen molar-refractivity contribution in [2.45, 2.75) is 18.9 Å². The fraction of sp³-hybridized carbons (Fsp3) is 0.333. The van der Waals surface area contributed by atoms with Crippen LogP contribution in [0.3, 0.4) is 0 Å². The van der Waals surface area contributed by atoms with Crippen molar-refractivity contribution in [3.05, 3.63) is 52.6 Å². The molecule has 0 radical (unpaired) electrons. The zero-order valence-electron chi connectivity index (χ0n) is 13.5. The number of aromatic nitrogens is 1. The van der Waals surface area contributed by atoms with E-state index in [0.29, 0.717) is 17.2 Å². The van der Waals surface area contributed by atoms with E-state index in [4.69, 9.17) is 4.74 Å². The van der Waals surface area contributed by atoms with Gasteiger partial charge in [0, 0.05) is 29.8 Å². The highest BCUT2D eigenvalue weighted by molar-refractivity contribution is 9.10. The van der Waals surface area contributed by atoms with Crippen LogP contribution in [0.1, 0.15) is 23.2 Å². The Kier molecular flexibility index (Phi) is 5.48. The van der Waals surface area contributed by atoms with E-state index in [1.807, 2.05) is 36.2 Å². The van der Waals surface area contributed by atoms with Crippen LogP contribution in [0.25, 0.3) is 0 Å². The normalized spacial score (nSPS) is 15.1. The van der Waals surface area contributed by atoms with Gasteiger partial charge in [0.2, 0.25) is 5.88 Å². The zero-order chi connectivity index (χ0) is 16.9. The summed E-state index contributed by atoms with van der Waals surface area (Å²) in [7, 11) is 1.87. The van der Waals surface area contributed by atoms with Gasteiger partial charge < -0.3 is 15.0 Å². The number of nitrogens with zero attached hydrogens (tertiary/aromatic N) is 2. The van der Waals surface area contributed by atoms with Crippen molar-refractivity contribution >= 4 is 21.8 Å². The minimum atomic E-state index is 0.00315. The van der Waals surface area contributed by atoms with Gasteiger partial charge in [-0.15, -0.1) is 0 Å². The number of hydrogen-bond donors (Lipinski definition) is 1. The van der Waals surface area contributed by atoms with E-state index in [1.54, 1.807) is 18.3 Å². The summed E-state index contributed by atoms with van der Waals surface area (Å²) in [6, 6.07) is 11.3. The van der Waals surface area contributed by atoms with Gasteiger partial charge >= 0.3 is 0 Å². The molecular weight excluding hydrogens is 370 g/mol. The molecule has 0 saturated carbocycles. The maximum atomic E-state index is 12.6. The Balaban J connectivity index is 1.66. The molecular formula is C18H20BrN3O2. The molecule has 1 N–H and O–H groups in total. The average molecular weight is 390 g/mol. The lowest BCUT2D eigenvalue weighted by atomic mass is 10.0. The standard InChI is InChI=1S/C18H20BrN3O2/c1-22(15-7-9-20-10-8-15)18(23)13-5-6-17(21-12-13)24-16-4-2-3-14(19)11-16/h2-6,11-12,15,20H,7-10H2,1H3. The molecule has 0 atom stereocenters. The maximum Gasteiger partial charge on any atom is 0.255 e. The number of pyridine rings is 1. The molecule has 5 nitrogen and oxygen atoms in total. The lowest BCUT2D eigenvalue weighted by molar-refractivity contribution is 0.0703. The number of halogens is 1. The number of rotatable bonds is 4. The molecule has 0 unspecified atom stereocenters. The summed E-state index contributed by atoms with van der Waals surface area (Å²) in [6.45, 7) is 1.92. The van der Waals surface area contributed by atoms with Gasteiger partial charge in [0.1, 0.15) is 5.75 Å². The van der Waals surface area contributed by atoms with E-state index < -0.39 is 0 Å². The van der Waals surface area contributed by atoms with E-state index in [9.17, 15) is 4.79 Å². The van der Waals surface area contributed by atoms with Gasteiger partial charge in [0.25, 0.3) is 5.91 Å². The first-order chi connectivity index (χ1) is 11.6. The van der Waals surface area contributed by atoms with Crippen LogP contribution < -0.4 is 10.1 Å². The van der Waals surface area contributed by atoms with Gasteiger partial charge in [-0.1, -0.05) is 22.0 Å². The van der Waals surface area contributed by atoms with Gasteiger partial charge in [-0.3, -0.25) is 4.79 Å². The van der Waals surface area contributed by atoms with Crippen molar-refractivity contribution in [1.29, 1.82) is 0 Å². The van der Waals surface area contributed by atoms with Crippen LogP contribution in [0.15, 0.2) is 47.1 Å². The molecule has 2 aromatic rings. The summed E-state index contributed by atoms with van der Waals surface area (Å²) in [5.74, 6) is 1.17. The molecule has 1 saturated heterocycles. The van der Waals surface area contributed by atoms with Gasteiger partial charge in [0.15, 0.2) is 0 Å². The molecule has 1 fully saturated rings. The van der Waals surface area contributed by atoms with Crippen molar-refractivity contribution in [1.82, 2.24) is 15.2 Å². The molecule has 1 aliphatic heterocycles. The fourth-order valence-corrected chi connectivity index (χ4v) is 3.16. The van der Waals surface area contributed by atoms with Gasteiger partial charge in [-0.25, -0.2) is 4.98 Å². The summed E-state index contributed by atoms with van der Waals surface area (Å²) in [6.07, 6.45) is 3.55. The second-order valence-electron chi connectivity index (χ2n) is 5.84. The first kappa shape index (κ1) is 16.9. The van der Waals surface area contributed by atoms with Gasteiger partial charge in [-0.2, -0.15) is 0 Å². The molecule has 0 spiro atoms. The molecule has 126 valence electrons. The highest BCUT2D eigenvalue weighted by Crippen LogP contribution is 2.23. The van der Waals surface area contributed by atoms with Crippen LogP contribution in [0.5, 0.6) is 11.6 Å². The van der Waals surface area contributed by atoms with E-state index in [1.165, 1.54) is 0 Å². The molecule has 0 aliphatic carbocycles. The maximum absolute atomic E-state index is 12.6. The monoisotopic (exact) mass is 389 g/mol. The molecule has 1 aromatic heterocycles. The van der Waals surface area contributed by atoms with Crippen LogP contribution in [0.2, 0.25) is 0 Å². The van der Waals surface area contributed by atoms with Crippen LogP contribution in [0, 0.1) is 0 Å². The van der Waals surface area contributed by atoms with Crippen molar-refractivity contribution < 1.29 is 9.53 Å². The van der Waals surface area contributed by atoms with E-state index in [2.05, 4.69) is 26.2 Å². The van der Waals surface area contributed by atoms with Crippen LogP contribution in [0.4, 0.5) is 0 Å². The first-order valence-electron chi connectivity index (χ1n) is 8.01. The first-order valence-corrected chi connectivity index (χ1v) is 8.80. The Labute approximate surface area is 150 Å². The number of amides is 1. The van der Waals surface area contributed by atoms with Gasteiger partial charge in [-0.05, 0) is 50.2 Å². The Morgan fingerprint density at radius 3 is 2.75 bits per heavy atom. The number of benzene rings is 1. The number of hydrogen-bond acceptors (Lipinski definition) is 4. The highest BCUT2D eigenvalue weighted by Gasteiger charge is 2.23. The molecule has 1 amide bonds. The number of nitrogens with one attached hydrogen (secondary N) is 1. The van der Waals surface area contributed by atoms with Crippen LogP contribution in [-0.2, 0) is 0 Å². The van der Waals surface area contributed by atoms with Crippen LogP contribution >= 0.6 is 15.9 Å². The molecule has 6 heteroatoms. The predicted molar refractivity (Wildman–Crippen MR) is 96.4 cm³/mol. The predicted octanol–water partition coefficient (Wildman–Crippen LogP) is 3.46. The second-order valence-corrected chi connectivity index (χ2v) is 6.76. The fourth-order valence-electron chi connectivity index (χ4n) is 2.78. The third kappa shape index (κ3) is 4.13. The van der Waals surface area contributed by atoms with Crippen LogP contribution in [-0.4, -0.2) is 42.0 Å². The van der Waals surface area contributed by atoms with E-state index in [0.717, 1.165) is 30.4 Å². The van der Waals surface area contributed by atoms with Gasteiger partial charge in [0.05, 0.1) is 5.56 Å². The topological polar surface area (TPSA) is 54.5 Å². The zero-order valence-corrected chi connectivity index (χ0v) is 15.1. The molecule has 0 bridgehead atoms. The third-order valence-electron chi connectivity index (χ3n) is 4.18. The van der Waals surface area contributed by atoms with Crippen molar-refractivity contribution in [2.75, 3.05) is 20.1 Å².